The summed E-state index contributed by atoms with van der Waals surface area (Å²) in [5.74, 6) is 0. The number of sulfonamides is 1. The Morgan fingerprint density at radius 1 is 1.37 bits per heavy atom. The van der Waals surface area contributed by atoms with Crippen molar-refractivity contribution in [2.24, 2.45) is 7.05 Å². The van der Waals surface area contributed by atoms with Gasteiger partial charge in [-0.1, -0.05) is 12.1 Å². The van der Waals surface area contributed by atoms with Crippen molar-refractivity contribution in [3.05, 3.63) is 41.7 Å². The summed E-state index contributed by atoms with van der Waals surface area (Å²) in [6.45, 7) is 1.89. The minimum atomic E-state index is -3.63. The number of aromatic nitrogens is 2. The van der Waals surface area contributed by atoms with E-state index in [9.17, 15) is 8.42 Å². The first-order chi connectivity index (χ1) is 8.92. The lowest BCUT2D eigenvalue weighted by atomic mass is 10.2. The number of rotatable bonds is 4. The van der Waals surface area contributed by atoms with Crippen LogP contribution in [0.15, 0.2) is 35.4 Å². The van der Waals surface area contributed by atoms with E-state index in [-0.39, 0.29) is 17.1 Å². The molecule has 0 amide bonds. The van der Waals surface area contributed by atoms with Gasteiger partial charge in [0.05, 0.1) is 17.9 Å². The van der Waals surface area contributed by atoms with E-state index < -0.39 is 10.0 Å². The number of nitrogens with one attached hydrogen (secondary N) is 1. The second kappa shape index (κ2) is 5.02. The lowest BCUT2D eigenvalue weighted by Crippen LogP contribution is -2.26. The molecule has 1 aromatic heterocycles. The van der Waals surface area contributed by atoms with Gasteiger partial charge in [-0.3, -0.25) is 4.68 Å². The molecule has 1 aromatic carbocycles. The summed E-state index contributed by atoms with van der Waals surface area (Å²) in [6, 6.07) is 6.77. The van der Waals surface area contributed by atoms with Crippen molar-refractivity contribution in [1.82, 2.24) is 14.5 Å². The number of hydrogen-bond acceptors (Lipinski definition) is 4. The molecule has 0 saturated heterocycles. The number of nitrogens with zero attached hydrogens (tertiary/aromatic N) is 2. The molecule has 3 N–H and O–H groups in total. The molecule has 19 heavy (non-hydrogen) atoms. The highest BCUT2D eigenvalue weighted by molar-refractivity contribution is 7.89. The largest absolute Gasteiger partial charge is 0.398 e. The van der Waals surface area contributed by atoms with E-state index in [1.54, 1.807) is 49.1 Å². The molecule has 0 radical (unpaired) electrons. The molecular weight excluding hydrogens is 264 g/mol. The van der Waals surface area contributed by atoms with Crippen LogP contribution in [0.3, 0.4) is 0 Å². The third kappa shape index (κ3) is 2.77. The first kappa shape index (κ1) is 13.6. The maximum atomic E-state index is 12.3. The molecule has 0 atom stereocenters. The van der Waals surface area contributed by atoms with E-state index in [1.807, 2.05) is 0 Å². The molecule has 6 nitrogen and oxygen atoms in total. The molecule has 102 valence electrons. The molecule has 0 aliphatic rings. The predicted molar refractivity (Wildman–Crippen MR) is 72.8 cm³/mol. The van der Waals surface area contributed by atoms with E-state index in [4.69, 9.17) is 5.73 Å². The highest BCUT2D eigenvalue weighted by Crippen LogP contribution is 2.22. The molecule has 0 aliphatic heterocycles. The molecule has 2 rings (SSSR count). The van der Waals surface area contributed by atoms with Crippen LogP contribution in [0.2, 0.25) is 0 Å². The summed E-state index contributed by atoms with van der Waals surface area (Å²) in [5.41, 5.74) is 7.39. The lowest BCUT2D eigenvalue weighted by molar-refractivity contribution is 0.577. The third-order valence-electron chi connectivity index (χ3n) is 2.88. The van der Waals surface area contributed by atoms with Gasteiger partial charge in [0.2, 0.25) is 10.0 Å². The number of anilines is 1. The maximum absolute atomic E-state index is 12.3. The minimum Gasteiger partial charge on any atom is -0.398 e. The van der Waals surface area contributed by atoms with Crippen LogP contribution >= 0.6 is 0 Å². The SMILES string of the molecule is Cc1cccc(N)c1S(=O)(=O)NCc1ccnn1C. The molecule has 0 bridgehead atoms. The highest BCUT2D eigenvalue weighted by atomic mass is 32.2. The second-order valence-electron chi connectivity index (χ2n) is 4.26. The number of nitrogen functional groups attached to an aromatic ring is 1. The molecule has 2 aromatic rings. The number of aryl methyl sites for hydroxylation is 2. The number of nitrogens with two attached hydrogens (primary N) is 1. The normalized spacial score (nSPS) is 11.7. The topological polar surface area (TPSA) is 90.0 Å². The smallest absolute Gasteiger partial charge is 0.243 e. The molecule has 0 spiro atoms. The van der Waals surface area contributed by atoms with E-state index in [0.29, 0.717) is 5.56 Å². The summed E-state index contributed by atoms with van der Waals surface area (Å²) in [6.07, 6.45) is 1.62. The van der Waals surface area contributed by atoms with Crippen LogP contribution < -0.4 is 10.5 Å². The standard InChI is InChI=1S/C12H16N4O2S/c1-9-4-3-5-11(13)12(9)19(17,18)15-8-10-6-7-14-16(10)2/h3-7,15H,8,13H2,1-2H3. The first-order valence-electron chi connectivity index (χ1n) is 5.73. The van der Waals surface area contributed by atoms with Gasteiger partial charge in [-0.2, -0.15) is 5.10 Å². The second-order valence-corrected chi connectivity index (χ2v) is 5.97. The Labute approximate surface area is 112 Å². The van der Waals surface area contributed by atoms with Crippen molar-refractivity contribution in [2.45, 2.75) is 18.4 Å². The summed E-state index contributed by atoms with van der Waals surface area (Å²) in [5, 5.41) is 3.98. The van der Waals surface area contributed by atoms with Crippen molar-refractivity contribution in [3.63, 3.8) is 0 Å². The molecule has 0 aliphatic carbocycles. The van der Waals surface area contributed by atoms with Gasteiger partial charge in [0.1, 0.15) is 4.90 Å². The average Bonchev–Trinajstić information content (AvgIpc) is 2.72. The van der Waals surface area contributed by atoms with E-state index in [1.165, 1.54) is 0 Å². The molecule has 7 heteroatoms. The fraction of sp³-hybridized carbons (Fsp3) is 0.250. The van der Waals surface area contributed by atoms with Gasteiger partial charge in [-0.25, -0.2) is 13.1 Å². The summed E-state index contributed by atoms with van der Waals surface area (Å²) >= 11 is 0. The number of benzene rings is 1. The van der Waals surface area contributed by atoms with Crippen LogP contribution in [0.1, 0.15) is 11.3 Å². The lowest BCUT2D eigenvalue weighted by Gasteiger charge is -2.11. The Kier molecular flexibility index (Phi) is 3.59. The first-order valence-corrected chi connectivity index (χ1v) is 7.22. The summed E-state index contributed by atoms with van der Waals surface area (Å²) < 4.78 is 28.7. The van der Waals surface area contributed by atoms with Gasteiger partial charge in [-0.05, 0) is 24.6 Å². The van der Waals surface area contributed by atoms with E-state index >= 15 is 0 Å². The van der Waals surface area contributed by atoms with Crippen molar-refractivity contribution >= 4 is 15.7 Å². The molecule has 1 heterocycles. The van der Waals surface area contributed by atoms with Gasteiger partial charge >= 0.3 is 0 Å². The predicted octanol–water partition coefficient (Wildman–Crippen LogP) is 0.789. The third-order valence-corrected chi connectivity index (χ3v) is 4.50. The Morgan fingerprint density at radius 2 is 2.11 bits per heavy atom. The van der Waals surface area contributed by atoms with Crippen molar-refractivity contribution in [1.29, 1.82) is 0 Å². The highest BCUT2D eigenvalue weighted by Gasteiger charge is 2.19. The molecule has 0 fully saturated rings. The van der Waals surface area contributed by atoms with E-state index in [0.717, 1.165) is 5.69 Å². The van der Waals surface area contributed by atoms with Crippen LogP contribution in [0, 0.1) is 6.92 Å². The van der Waals surface area contributed by atoms with E-state index in [2.05, 4.69) is 9.82 Å². The van der Waals surface area contributed by atoms with Crippen LogP contribution in [-0.2, 0) is 23.6 Å². The Hall–Kier alpha value is -1.86. The van der Waals surface area contributed by atoms with Crippen LogP contribution in [-0.4, -0.2) is 18.2 Å². The van der Waals surface area contributed by atoms with Crippen LogP contribution in [0.25, 0.3) is 0 Å². The monoisotopic (exact) mass is 280 g/mol. The zero-order valence-electron chi connectivity index (χ0n) is 10.8. The van der Waals surface area contributed by atoms with Gasteiger partial charge in [-0.15, -0.1) is 0 Å². The fourth-order valence-electron chi connectivity index (χ4n) is 1.86. The van der Waals surface area contributed by atoms with Gasteiger partial charge in [0.15, 0.2) is 0 Å². The van der Waals surface area contributed by atoms with Gasteiger partial charge < -0.3 is 5.73 Å². The van der Waals surface area contributed by atoms with Crippen molar-refractivity contribution < 1.29 is 8.42 Å². The van der Waals surface area contributed by atoms with Crippen LogP contribution in [0.5, 0.6) is 0 Å². The Balaban J connectivity index is 2.26. The van der Waals surface area contributed by atoms with Gasteiger partial charge in [0, 0.05) is 13.2 Å². The zero-order valence-corrected chi connectivity index (χ0v) is 11.6. The molecule has 0 unspecified atom stereocenters. The zero-order chi connectivity index (χ0) is 14.0. The Morgan fingerprint density at radius 3 is 2.68 bits per heavy atom. The quantitative estimate of drug-likeness (QED) is 0.810. The Bertz CT molecular complexity index is 671. The van der Waals surface area contributed by atoms with Crippen molar-refractivity contribution in [3.8, 4) is 0 Å². The molecular formula is C12H16N4O2S. The number of hydrogen-bond donors (Lipinski definition) is 2. The minimum absolute atomic E-state index is 0.136. The summed E-state index contributed by atoms with van der Waals surface area (Å²) in [7, 11) is -1.87. The van der Waals surface area contributed by atoms with Gasteiger partial charge in [0.25, 0.3) is 0 Å². The maximum Gasteiger partial charge on any atom is 0.243 e. The summed E-state index contributed by atoms with van der Waals surface area (Å²) in [4.78, 5) is 0.136. The average molecular weight is 280 g/mol. The molecule has 0 saturated carbocycles. The van der Waals surface area contributed by atoms with Crippen molar-refractivity contribution in [2.75, 3.05) is 5.73 Å². The van der Waals surface area contributed by atoms with Crippen LogP contribution in [0.4, 0.5) is 5.69 Å². The fourth-order valence-corrected chi connectivity index (χ4v) is 3.21.